The van der Waals surface area contributed by atoms with Crippen LogP contribution in [-0.2, 0) is 13.5 Å². The number of nitriles is 1. The van der Waals surface area contributed by atoms with Gasteiger partial charge < -0.3 is 19.6 Å². The molecule has 0 amide bonds. The number of rotatable bonds is 5. The summed E-state index contributed by atoms with van der Waals surface area (Å²) >= 11 is 0. The lowest BCUT2D eigenvalue weighted by molar-refractivity contribution is 0.0847. The third kappa shape index (κ3) is 4.58. The van der Waals surface area contributed by atoms with Gasteiger partial charge in [-0.05, 0) is 55.0 Å². The average Bonchev–Trinajstić information content (AvgIpc) is 3.83. The van der Waals surface area contributed by atoms with Crippen LogP contribution in [0.15, 0.2) is 36.7 Å². The van der Waals surface area contributed by atoms with Gasteiger partial charge in [-0.3, -0.25) is 14.6 Å². The van der Waals surface area contributed by atoms with Crippen molar-refractivity contribution < 1.29 is 23.0 Å². The standard InChI is InChI=1S/C35H32F3N9O2/c1-44-16-24-22-14-35(5-2-6-47(35)27(22)13-26(24)43-44)17-49-34-41-32-23(33(42-34)46-9-7-45(18-39)8-10-46)15-40-31(30(32)38)21-12-20(48)11-19-3-4-25(36)29(37)28(19)21/h3-4,11-12,15-16,22,27,48H,2,5-10,13-14,17H2,1H3. The lowest BCUT2D eigenvalue weighted by Gasteiger charge is -2.35. The molecule has 14 heteroatoms. The Kier molecular flexibility index (Phi) is 6.68. The van der Waals surface area contributed by atoms with Gasteiger partial charge in [0.1, 0.15) is 29.4 Å². The van der Waals surface area contributed by atoms with Gasteiger partial charge in [-0.1, -0.05) is 6.07 Å². The fraction of sp³-hybridized carbons (Fsp3) is 0.400. The van der Waals surface area contributed by atoms with E-state index >= 15 is 8.78 Å². The fourth-order valence-electron chi connectivity index (χ4n) is 8.76. The van der Waals surface area contributed by atoms with E-state index in [0.29, 0.717) is 55.9 Å². The van der Waals surface area contributed by atoms with Crippen LogP contribution in [0, 0.1) is 28.9 Å². The summed E-state index contributed by atoms with van der Waals surface area (Å²) in [4.78, 5) is 19.9. The van der Waals surface area contributed by atoms with Gasteiger partial charge in [0, 0.05) is 75.0 Å². The number of aryl methyl sites for hydroxylation is 1. The number of anilines is 1. The molecule has 3 fully saturated rings. The number of aromatic hydroxyl groups is 1. The summed E-state index contributed by atoms with van der Waals surface area (Å²) in [6.45, 7) is 3.13. The Labute approximate surface area is 279 Å². The molecule has 1 aliphatic carbocycles. The molecule has 2 aromatic carbocycles. The van der Waals surface area contributed by atoms with Crippen molar-refractivity contribution in [1.82, 2.24) is 34.5 Å². The molecule has 1 N–H and O–H groups in total. The van der Waals surface area contributed by atoms with Gasteiger partial charge in [-0.2, -0.15) is 20.3 Å². The number of ether oxygens (including phenoxy) is 1. The molecule has 0 spiro atoms. The van der Waals surface area contributed by atoms with Crippen molar-refractivity contribution >= 4 is 27.5 Å². The number of hydrogen-bond donors (Lipinski definition) is 1. The van der Waals surface area contributed by atoms with Gasteiger partial charge >= 0.3 is 6.01 Å². The summed E-state index contributed by atoms with van der Waals surface area (Å²) in [5.74, 6) is -2.62. The largest absolute Gasteiger partial charge is 0.508 e. The van der Waals surface area contributed by atoms with Gasteiger partial charge in [0.05, 0.1) is 16.6 Å². The monoisotopic (exact) mass is 667 g/mol. The predicted octanol–water partition coefficient (Wildman–Crippen LogP) is 4.63. The van der Waals surface area contributed by atoms with Crippen LogP contribution in [0.25, 0.3) is 32.9 Å². The zero-order chi connectivity index (χ0) is 33.6. The average molecular weight is 668 g/mol. The molecule has 3 unspecified atom stereocenters. The zero-order valence-corrected chi connectivity index (χ0v) is 26.7. The number of piperazine rings is 1. The first-order valence-corrected chi connectivity index (χ1v) is 16.5. The van der Waals surface area contributed by atoms with Crippen LogP contribution in [0.5, 0.6) is 11.8 Å². The van der Waals surface area contributed by atoms with Crippen molar-refractivity contribution in [1.29, 1.82) is 5.26 Å². The second kappa shape index (κ2) is 10.9. The number of halogens is 3. The van der Waals surface area contributed by atoms with Gasteiger partial charge in [-0.25, -0.2) is 13.2 Å². The molecular formula is C35H32F3N9O2. The summed E-state index contributed by atoms with van der Waals surface area (Å²) in [6, 6.07) is 5.09. The molecule has 250 valence electrons. The van der Waals surface area contributed by atoms with Crippen LogP contribution in [0.1, 0.15) is 36.4 Å². The SMILES string of the molecule is Cn1cc2c(n1)CC1C2CC2(COc3nc(N4CCN(C#N)CC4)c4cnc(-c5cc(O)cc6ccc(F)c(F)c56)c(F)c4n3)CCCN12. The maximum atomic E-state index is 16.8. The van der Waals surface area contributed by atoms with E-state index in [0.717, 1.165) is 38.3 Å². The quantitative estimate of drug-likeness (QED) is 0.266. The minimum Gasteiger partial charge on any atom is -0.508 e. The van der Waals surface area contributed by atoms with Crippen molar-refractivity contribution in [3.63, 3.8) is 0 Å². The first-order valence-electron chi connectivity index (χ1n) is 16.5. The minimum atomic E-state index is -1.17. The summed E-state index contributed by atoms with van der Waals surface area (Å²) < 4.78 is 54.7. The highest BCUT2D eigenvalue weighted by atomic mass is 19.2. The van der Waals surface area contributed by atoms with Gasteiger partial charge in [-0.15, -0.1) is 0 Å². The Balaban J connectivity index is 1.13. The Morgan fingerprint density at radius 3 is 2.73 bits per heavy atom. The molecule has 6 heterocycles. The van der Waals surface area contributed by atoms with Crippen LogP contribution in [-0.4, -0.2) is 90.6 Å². The van der Waals surface area contributed by atoms with Gasteiger partial charge in [0.2, 0.25) is 0 Å². The summed E-state index contributed by atoms with van der Waals surface area (Å²) in [6.07, 6.45) is 9.55. The summed E-state index contributed by atoms with van der Waals surface area (Å²) in [7, 11) is 1.95. The predicted molar refractivity (Wildman–Crippen MR) is 173 cm³/mol. The summed E-state index contributed by atoms with van der Waals surface area (Å²) in [5, 5.41) is 24.8. The van der Waals surface area contributed by atoms with E-state index in [1.165, 1.54) is 35.7 Å². The molecule has 0 saturated carbocycles. The lowest BCUT2D eigenvalue weighted by atomic mass is 9.88. The minimum absolute atomic E-state index is 0.000365. The third-order valence-corrected chi connectivity index (χ3v) is 10.9. The molecule has 0 radical (unpaired) electrons. The molecule has 3 aliphatic heterocycles. The van der Waals surface area contributed by atoms with E-state index in [-0.39, 0.29) is 44.8 Å². The van der Waals surface area contributed by atoms with E-state index in [9.17, 15) is 14.8 Å². The normalized spacial score (nSPS) is 23.2. The van der Waals surface area contributed by atoms with E-state index in [1.807, 2.05) is 16.6 Å². The maximum absolute atomic E-state index is 16.8. The molecule has 4 aliphatic rings. The number of benzene rings is 2. The molecule has 3 atom stereocenters. The molecule has 49 heavy (non-hydrogen) atoms. The number of aromatic nitrogens is 5. The topological polar surface area (TPSA) is 119 Å². The van der Waals surface area contributed by atoms with Crippen molar-refractivity contribution in [3.05, 3.63) is 65.4 Å². The summed E-state index contributed by atoms with van der Waals surface area (Å²) in [5.41, 5.74) is 1.76. The first kappa shape index (κ1) is 29.9. The number of phenols is 1. The smallest absolute Gasteiger partial charge is 0.319 e. The Morgan fingerprint density at radius 2 is 1.92 bits per heavy atom. The van der Waals surface area contributed by atoms with E-state index < -0.39 is 17.5 Å². The van der Waals surface area contributed by atoms with Gasteiger partial charge in [0.25, 0.3) is 0 Å². The molecule has 5 aromatic rings. The van der Waals surface area contributed by atoms with Crippen molar-refractivity contribution in [2.24, 2.45) is 7.05 Å². The van der Waals surface area contributed by atoms with Crippen molar-refractivity contribution in [3.8, 4) is 29.2 Å². The van der Waals surface area contributed by atoms with Crippen molar-refractivity contribution in [2.75, 3.05) is 44.2 Å². The number of fused-ring (bicyclic) bond motifs is 7. The van der Waals surface area contributed by atoms with Crippen LogP contribution in [0.3, 0.4) is 0 Å². The number of pyridine rings is 1. The maximum Gasteiger partial charge on any atom is 0.319 e. The number of hydrogen-bond acceptors (Lipinski definition) is 10. The van der Waals surface area contributed by atoms with E-state index in [4.69, 9.17) is 9.72 Å². The Morgan fingerprint density at radius 1 is 1.08 bits per heavy atom. The van der Waals surface area contributed by atoms with Crippen LogP contribution < -0.4 is 9.64 Å². The van der Waals surface area contributed by atoms with Crippen LogP contribution in [0.2, 0.25) is 0 Å². The van der Waals surface area contributed by atoms with Gasteiger partial charge in [0.15, 0.2) is 23.6 Å². The second-order valence-electron chi connectivity index (χ2n) is 13.6. The van der Waals surface area contributed by atoms with Crippen molar-refractivity contribution in [2.45, 2.75) is 43.2 Å². The number of nitrogens with zero attached hydrogens (tertiary/aromatic N) is 9. The highest BCUT2D eigenvalue weighted by Gasteiger charge is 2.57. The third-order valence-electron chi connectivity index (χ3n) is 10.9. The Bertz CT molecular complexity index is 2210. The molecular weight excluding hydrogens is 635 g/mol. The molecule has 3 saturated heterocycles. The van der Waals surface area contributed by atoms with Crippen LogP contribution in [0.4, 0.5) is 19.0 Å². The molecule has 3 aromatic heterocycles. The highest BCUT2D eigenvalue weighted by Crippen LogP contribution is 2.54. The van der Waals surface area contributed by atoms with E-state index in [1.54, 1.807) is 4.90 Å². The lowest BCUT2D eigenvalue weighted by Crippen LogP contribution is -2.47. The van der Waals surface area contributed by atoms with Crippen LogP contribution >= 0.6 is 0 Å². The first-order chi connectivity index (χ1) is 23.7. The number of phenolic OH excluding ortho intramolecular Hbond substituents is 1. The molecule has 11 nitrogen and oxygen atoms in total. The molecule has 0 bridgehead atoms. The Hall–Kier alpha value is -5.16. The van der Waals surface area contributed by atoms with E-state index in [2.05, 4.69) is 32.4 Å². The zero-order valence-electron chi connectivity index (χ0n) is 26.7. The second-order valence-corrected chi connectivity index (χ2v) is 13.6. The highest BCUT2D eigenvalue weighted by molar-refractivity contribution is 6.00. The molecule has 9 rings (SSSR count). The fourth-order valence-corrected chi connectivity index (χ4v) is 8.76.